The van der Waals surface area contributed by atoms with Gasteiger partial charge in [0.15, 0.2) is 0 Å². The number of nitrogens with one attached hydrogen (secondary N) is 1. The second-order valence-electron chi connectivity index (χ2n) is 5.31. The molecule has 1 N–H and O–H groups in total. The van der Waals surface area contributed by atoms with Crippen molar-refractivity contribution < 1.29 is 9.59 Å². The zero-order valence-corrected chi connectivity index (χ0v) is 13.4. The van der Waals surface area contributed by atoms with Crippen LogP contribution in [0.15, 0.2) is 96.0 Å². The van der Waals surface area contributed by atoms with Crippen LogP contribution < -0.4 is 10.7 Å². The number of hydrogen-bond acceptors (Lipinski definition) is 2. The summed E-state index contributed by atoms with van der Waals surface area (Å²) in [5, 5.41) is 3.22. The lowest BCUT2D eigenvalue weighted by Gasteiger charge is -2.04. The van der Waals surface area contributed by atoms with Crippen molar-refractivity contribution in [1.29, 1.82) is 0 Å². The van der Waals surface area contributed by atoms with Gasteiger partial charge in [-0.1, -0.05) is 54.6 Å². The van der Waals surface area contributed by atoms with Gasteiger partial charge in [0.05, 0.1) is 11.0 Å². The predicted molar refractivity (Wildman–Crippen MR) is 97.2 cm³/mol. The monoisotopic (exact) mass is 328 g/mol. The second-order valence-corrected chi connectivity index (χ2v) is 5.31. The molecule has 122 valence electrons. The van der Waals surface area contributed by atoms with Crippen LogP contribution in [0.4, 0.5) is 5.69 Å². The van der Waals surface area contributed by atoms with E-state index in [4.69, 9.17) is 0 Å². The number of carbonyl (C=O) groups is 2. The second kappa shape index (κ2) is 7.84. The first-order chi connectivity index (χ1) is 12.2. The predicted octanol–water partition coefficient (Wildman–Crippen LogP) is 3.68. The van der Waals surface area contributed by atoms with Crippen molar-refractivity contribution >= 4 is 17.5 Å². The van der Waals surface area contributed by atoms with Crippen LogP contribution in [0.5, 0.6) is 0 Å². The molecule has 0 aliphatic rings. The molecule has 2 amide bonds. The Labute approximate surface area is 145 Å². The van der Waals surface area contributed by atoms with Crippen molar-refractivity contribution in [2.45, 2.75) is 0 Å². The fraction of sp³-hybridized carbons (Fsp3) is 0. The van der Waals surface area contributed by atoms with E-state index in [1.165, 1.54) is 0 Å². The number of hydrogen-bond donors (Lipinski definition) is 1. The summed E-state index contributed by atoms with van der Waals surface area (Å²) in [4.78, 5) is 28.9. The van der Waals surface area contributed by atoms with Crippen LogP contribution >= 0.6 is 0 Å². The van der Waals surface area contributed by atoms with Crippen molar-refractivity contribution in [3.63, 3.8) is 0 Å². The van der Waals surface area contributed by atoms with Crippen LogP contribution in [0, 0.1) is 0 Å². The summed E-state index contributed by atoms with van der Waals surface area (Å²) >= 11 is 0. The summed E-state index contributed by atoms with van der Waals surface area (Å²) in [5.41, 5.74) is 1.51. The number of rotatable bonds is 3. The molecule has 0 bridgehead atoms. The lowest BCUT2D eigenvalue weighted by Crippen LogP contribution is -2.18. The molecule has 25 heavy (non-hydrogen) atoms. The molecule has 0 spiro atoms. The van der Waals surface area contributed by atoms with Gasteiger partial charge in [-0.15, -0.1) is 0 Å². The van der Waals surface area contributed by atoms with E-state index in [1.54, 1.807) is 72.8 Å². The smallest absolute Gasteiger partial charge is 0.277 e. The number of benzene rings is 2. The molecule has 3 aromatic rings. The van der Waals surface area contributed by atoms with Gasteiger partial charge in [-0.3, -0.25) is 9.59 Å². The van der Waals surface area contributed by atoms with E-state index in [9.17, 15) is 9.59 Å². The van der Waals surface area contributed by atoms with Crippen LogP contribution in [0.25, 0.3) is 0 Å². The highest BCUT2D eigenvalue weighted by atomic mass is 16.2. The molecule has 0 aliphatic carbocycles. The molecule has 0 heterocycles. The zero-order chi connectivity index (χ0) is 17.5. The van der Waals surface area contributed by atoms with Crippen molar-refractivity contribution in [2.24, 2.45) is 4.99 Å². The normalized spacial score (nSPS) is 11.0. The van der Waals surface area contributed by atoms with Gasteiger partial charge in [0, 0.05) is 11.1 Å². The molecule has 0 saturated carbocycles. The first kappa shape index (κ1) is 16.3. The Morgan fingerprint density at radius 1 is 0.640 bits per heavy atom. The van der Waals surface area contributed by atoms with Gasteiger partial charge < -0.3 is 5.32 Å². The molecule has 4 nitrogen and oxygen atoms in total. The Balaban J connectivity index is 1.96. The lowest BCUT2D eigenvalue weighted by molar-refractivity contribution is 0.0994. The third kappa shape index (κ3) is 4.26. The lowest BCUT2D eigenvalue weighted by atomic mass is 10.2. The molecular formula is C21H16N2O2. The van der Waals surface area contributed by atoms with Gasteiger partial charge in [-0.05, 0) is 36.4 Å². The maximum atomic E-state index is 12.4. The van der Waals surface area contributed by atoms with Crippen LogP contribution in [0.1, 0.15) is 20.7 Å². The number of carbonyl (C=O) groups excluding carboxylic acids is 2. The van der Waals surface area contributed by atoms with E-state index in [-0.39, 0.29) is 11.8 Å². The Morgan fingerprint density at radius 2 is 1.16 bits per heavy atom. The zero-order valence-electron chi connectivity index (χ0n) is 13.4. The van der Waals surface area contributed by atoms with Crippen LogP contribution in [0.3, 0.4) is 0 Å². The van der Waals surface area contributed by atoms with E-state index in [2.05, 4.69) is 10.3 Å². The quantitative estimate of drug-likeness (QED) is 0.797. The number of amides is 2. The molecule has 0 atom stereocenters. The fourth-order valence-corrected chi connectivity index (χ4v) is 2.28. The molecule has 0 unspecified atom stereocenters. The fourth-order valence-electron chi connectivity index (χ4n) is 2.28. The summed E-state index contributed by atoms with van der Waals surface area (Å²) in [6.07, 6.45) is 0. The van der Waals surface area contributed by atoms with E-state index < -0.39 is 0 Å². The van der Waals surface area contributed by atoms with Gasteiger partial charge >= 0.3 is 0 Å². The summed E-state index contributed by atoms with van der Waals surface area (Å²) in [5.74, 6) is -0.613. The summed E-state index contributed by atoms with van der Waals surface area (Å²) in [7, 11) is 0. The largest absolute Gasteiger partial charge is 0.320 e. The van der Waals surface area contributed by atoms with Gasteiger partial charge in [0.25, 0.3) is 11.8 Å². The summed E-state index contributed by atoms with van der Waals surface area (Å²) in [6.45, 7) is 0. The standard InChI is InChI=1S/C21H16N2O2/c24-20(16-10-4-1-5-11-16)22-18-14-8-3-9-15-19(18)23-21(25)17-12-6-2-7-13-17/h1-15H,(H,22,23,24,25). The maximum absolute atomic E-state index is 12.4. The molecule has 4 heteroatoms. The molecular weight excluding hydrogens is 312 g/mol. The van der Waals surface area contributed by atoms with Crippen LogP contribution in [-0.4, -0.2) is 11.8 Å². The van der Waals surface area contributed by atoms with E-state index in [0.29, 0.717) is 22.2 Å². The van der Waals surface area contributed by atoms with Crippen molar-refractivity contribution in [3.8, 4) is 0 Å². The van der Waals surface area contributed by atoms with Crippen LogP contribution in [0.2, 0.25) is 0 Å². The molecule has 3 aromatic carbocycles. The first-order valence-corrected chi connectivity index (χ1v) is 7.84. The highest BCUT2D eigenvalue weighted by Crippen LogP contribution is 2.05. The van der Waals surface area contributed by atoms with Crippen LogP contribution in [-0.2, 0) is 0 Å². The van der Waals surface area contributed by atoms with Crippen molar-refractivity contribution in [2.75, 3.05) is 5.32 Å². The molecule has 3 rings (SSSR count). The highest BCUT2D eigenvalue weighted by Gasteiger charge is 2.07. The van der Waals surface area contributed by atoms with E-state index in [0.717, 1.165) is 0 Å². The number of nitrogens with zero attached hydrogens (tertiary/aromatic N) is 1. The van der Waals surface area contributed by atoms with Gasteiger partial charge in [0.1, 0.15) is 0 Å². The summed E-state index contributed by atoms with van der Waals surface area (Å²) in [6, 6.07) is 26.5. The minimum absolute atomic E-state index is 0.254. The minimum atomic E-state index is -0.359. The average molecular weight is 328 g/mol. The summed E-state index contributed by atoms with van der Waals surface area (Å²) < 4.78 is 0. The molecule has 0 aliphatic heterocycles. The Bertz CT molecular complexity index is 952. The van der Waals surface area contributed by atoms with Gasteiger partial charge in [-0.25, -0.2) is 4.99 Å². The Morgan fingerprint density at radius 3 is 1.80 bits per heavy atom. The average Bonchev–Trinajstić information content (AvgIpc) is 2.88. The van der Waals surface area contributed by atoms with Gasteiger partial charge in [0.2, 0.25) is 0 Å². The minimum Gasteiger partial charge on any atom is -0.320 e. The van der Waals surface area contributed by atoms with Crippen molar-refractivity contribution in [1.82, 2.24) is 0 Å². The SMILES string of the molecule is O=C(N=c1cccccc1NC(=O)c1ccccc1)c1ccccc1. The highest BCUT2D eigenvalue weighted by molar-refractivity contribution is 6.04. The van der Waals surface area contributed by atoms with Gasteiger partial charge in [-0.2, -0.15) is 0 Å². The topological polar surface area (TPSA) is 58.5 Å². The van der Waals surface area contributed by atoms with Crippen molar-refractivity contribution in [3.05, 3.63) is 107 Å². The molecule has 0 fully saturated rings. The Hall–Kier alpha value is -3.53. The molecule has 0 aromatic heterocycles. The van der Waals surface area contributed by atoms with E-state index in [1.807, 2.05) is 18.2 Å². The number of anilines is 1. The maximum Gasteiger partial charge on any atom is 0.277 e. The first-order valence-electron chi connectivity index (χ1n) is 7.84. The third-order valence-corrected chi connectivity index (χ3v) is 3.54. The molecule has 0 radical (unpaired) electrons. The third-order valence-electron chi connectivity index (χ3n) is 3.54. The van der Waals surface area contributed by atoms with E-state index >= 15 is 0 Å². The Kier molecular flexibility index (Phi) is 5.12. The molecule has 0 saturated heterocycles.